The average Bonchev–Trinajstić information content (AvgIpc) is 2.15. The molecule has 0 fully saturated rings. The molecule has 17 heavy (non-hydrogen) atoms. The number of rotatable bonds is 3. The van der Waals surface area contributed by atoms with Crippen molar-refractivity contribution in [3.8, 4) is 0 Å². The lowest BCUT2D eigenvalue weighted by molar-refractivity contribution is -0.114. The maximum atomic E-state index is 10.9. The summed E-state index contributed by atoms with van der Waals surface area (Å²) in [5.74, 6) is -0.364. The molecule has 0 spiro atoms. The summed E-state index contributed by atoms with van der Waals surface area (Å²) in [7, 11) is -4.48. The van der Waals surface area contributed by atoms with Gasteiger partial charge in [0.25, 0.3) is 10.1 Å². The Balaban J connectivity index is 3.37. The predicted molar refractivity (Wildman–Crippen MR) is 59.4 cm³/mol. The van der Waals surface area contributed by atoms with Crippen molar-refractivity contribution < 1.29 is 17.8 Å². The molecule has 90 valence electrons. The molecule has 1 aromatic carbocycles. The van der Waals surface area contributed by atoms with Gasteiger partial charge in [-0.15, -0.1) is 0 Å². The average molecular weight is 256 g/mol. The van der Waals surface area contributed by atoms with Crippen molar-refractivity contribution in [2.24, 2.45) is 5.11 Å². The molecule has 0 saturated heterocycles. The second kappa shape index (κ2) is 4.83. The van der Waals surface area contributed by atoms with Gasteiger partial charge in [-0.25, -0.2) is 0 Å². The van der Waals surface area contributed by atoms with Gasteiger partial charge in [-0.3, -0.25) is 9.35 Å². The van der Waals surface area contributed by atoms with Crippen molar-refractivity contribution >= 4 is 27.4 Å². The quantitative estimate of drug-likeness (QED) is 0.369. The van der Waals surface area contributed by atoms with Crippen LogP contribution in [-0.4, -0.2) is 18.9 Å². The monoisotopic (exact) mass is 256 g/mol. The molecule has 1 rings (SSSR count). The van der Waals surface area contributed by atoms with Crippen molar-refractivity contribution in [3.63, 3.8) is 0 Å². The highest BCUT2D eigenvalue weighted by Crippen LogP contribution is 2.27. The van der Waals surface area contributed by atoms with Crippen LogP contribution in [-0.2, 0) is 14.9 Å². The molecule has 0 aliphatic rings. The van der Waals surface area contributed by atoms with Crippen LogP contribution in [0.3, 0.4) is 0 Å². The molecule has 2 N–H and O–H groups in total. The standard InChI is InChI=1S/C8H8N4O4S/c1-5(13)10-6-2-3-8(17(14,15)16)7(4-6)11-12-9/h2-4H,1H3,(H,10,13)(H,14,15,16). The van der Waals surface area contributed by atoms with Gasteiger partial charge in [-0.1, -0.05) is 5.11 Å². The summed E-state index contributed by atoms with van der Waals surface area (Å²) in [6.45, 7) is 1.27. The smallest absolute Gasteiger partial charge is 0.294 e. The molecule has 0 bridgehead atoms. The van der Waals surface area contributed by atoms with E-state index in [4.69, 9.17) is 10.1 Å². The van der Waals surface area contributed by atoms with Gasteiger partial charge in [0.15, 0.2) is 0 Å². The lowest BCUT2D eigenvalue weighted by atomic mass is 10.3. The molecule has 8 nitrogen and oxygen atoms in total. The summed E-state index contributed by atoms with van der Waals surface area (Å²) in [5.41, 5.74) is 8.24. The van der Waals surface area contributed by atoms with E-state index in [1.54, 1.807) is 0 Å². The fraction of sp³-hybridized carbons (Fsp3) is 0.125. The van der Waals surface area contributed by atoms with Crippen LogP contribution in [0.5, 0.6) is 0 Å². The number of anilines is 1. The molecule has 0 unspecified atom stereocenters. The summed E-state index contributed by atoms with van der Waals surface area (Å²) in [4.78, 5) is 12.7. The maximum Gasteiger partial charge on any atom is 0.294 e. The third-order valence-electron chi connectivity index (χ3n) is 1.71. The Hall–Kier alpha value is -2.09. The summed E-state index contributed by atoms with van der Waals surface area (Å²) in [6.07, 6.45) is 0. The van der Waals surface area contributed by atoms with Gasteiger partial charge in [0.05, 0.1) is 5.69 Å². The number of carbonyl (C=O) groups excluding carboxylic acids is 1. The first-order valence-electron chi connectivity index (χ1n) is 4.29. The van der Waals surface area contributed by atoms with E-state index < -0.39 is 15.0 Å². The van der Waals surface area contributed by atoms with Gasteiger partial charge in [0.1, 0.15) is 4.90 Å². The zero-order valence-corrected chi connectivity index (χ0v) is 9.47. The molecule has 0 aliphatic carbocycles. The van der Waals surface area contributed by atoms with E-state index in [2.05, 4.69) is 15.3 Å². The molecule has 0 atom stereocenters. The largest absolute Gasteiger partial charge is 0.326 e. The molecular weight excluding hydrogens is 248 g/mol. The molecule has 0 aliphatic heterocycles. The molecule has 9 heteroatoms. The van der Waals surface area contributed by atoms with Crippen LogP contribution in [0.2, 0.25) is 0 Å². The highest BCUT2D eigenvalue weighted by Gasteiger charge is 2.15. The Morgan fingerprint density at radius 1 is 1.53 bits per heavy atom. The van der Waals surface area contributed by atoms with Gasteiger partial charge in [0.2, 0.25) is 5.91 Å². The highest BCUT2D eigenvalue weighted by atomic mass is 32.2. The first kappa shape index (κ1) is 13.0. The van der Waals surface area contributed by atoms with Crippen LogP contribution in [0.4, 0.5) is 11.4 Å². The van der Waals surface area contributed by atoms with Gasteiger partial charge >= 0.3 is 0 Å². The van der Waals surface area contributed by atoms with Crippen molar-refractivity contribution in [1.29, 1.82) is 0 Å². The lowest BCUT2D eigenvalue weighted by Crippen LogP contribution is -2.06. The molecule has 0 radical (unpaired) electrons. The number of azide groups is 1. The number of hydrogen-bond acceptors (Lipinski definition) is 4. The van der Waals surface area contributed by atoms with Gasteiger partial charge < -0.3 is 5.32 Å². The Kier molecular flexibility index (Phi) is 3.69. The number of benzene rings is 1. The highest BCUT2D eigenvalue weighted by molar-refractivity contribution is 7.86. The van der Waals surface area contributed by atoms with E-state index in [0.29, 0.717) is 0 Å². The Morgan fingerprint density at radius 2 is 2.18 bits per heavy atom. The third-order valence-corrected chi connectivity index (χ3v) is 2.61. The van der Waals surface area contributed by atoms with Crippen LogP contribution in [0.25, 0.3) is 10.4 Å². The van der Waals surface area contributed by atoms with E-state index in [0.717, 1.165) is 12.1 Å². The van der Waals surface area contributed by atoms with E-state index in [1.807, 2.05) is 0 Å². The Morgan fingerprint density at radius 3 is 2.65 bits per heavy atom. The van der Waals surface area contributed by atoms with Crippen LogP contribution in [0.15, 0.2) is 28.2 Å². The number of nitrogens with one attached hydrogen (secondary N) is 1. The second-order valence-electron chi connectivity index (χ2n) is 3.03. The predicted octanol–water partition coefficient (Wildman–Crippen LogP) is 1.83. The first-order valence-corrected chi connectivity index (χ1v) is 5.73. The van der Waals surface area contributed by atoms with E-state index in [1.165, 1.54) is 13.0 Å². The first-order chi connectivity index (χ1) is 7.84. The summed E-state index contributed by atoms with van der Waals surface area (Å²) < 4.78 is 30.8. The van der Waals surface area contributed by atoms with Gasteiger partial charge in [0, 0.05) is 17.5 Å². The zero-order chi connectivity index (χ0) is 13.1. The summed E-state index contributed by atoms with van der Waals surface area (Å²) >= 11 is 0. The van der Waals surface area contributed by atoms with E-state index in [9.17, 15) is 13.2 Å². The summed E-state index contributed by atoms with van der Waals surface area (Å²) in [5, 5.41) is 5.51. The topological polar surface area (TPSA) is 132 Å². The Bertz CT molecular complexity index is 604. The zero-order valence-electron chi connectivity index (χ0n) is 8.65. The van der Waals surface area contributed by atoms with Crippen molar-refractivity contribution in [2.75, 3.05) is 5.32 Å². The van der Waals surface area contributed by atoms with E-state index in [-0.39, 0.29) is 17.3 Å². The van der Waals surface area contributed by atoms with Crippen LogP contribution < -0.4 is 5.32 Å². The second-order valence-corrected chi connectivity index (χ2v) is 4.42. The minimum atomic E-state index is -4.48. The summed E-state index contributed by atoms with van der Waals surface area (Å²) in [6, 6.07) is 3.44. The molecular formula is C8H8N4O4S. The number of hydrogen-bond donors (Lipinski definition) is 2. The normalized spacial score (nSPS) is 10.5. The molecule has 0 saturated carbocycles. The number of carbonyl (C=O) groups is 1. The maximum absolute atomic E-state index is 10.9. The molecule has 0 heterocycles. The minimum Gasteiger partial charge on any atom is -0.326 e. The fourth-order valence-corrected chi connectivity index (χ4v) is 1.75. The number of nitrogens with zero attached hydrogens (tertiary/aromatic N) is 3. The van der Waals surface area contributed by atoms with Gasteiger partial charge in [-0.2, -0.15) is 8.42 Å². The Labute approximate surface area is 96.6 Å². The van der Waals surface area contributed by atoms with Gasteiger partial charge in [-0.05, 0) is 23.7 Å². The van der Waals surface area contributed by atoms with Crippen molar-refractivity contribution in [3.05, 3.63) is 28.6 Å². The van der Waals surface area contributed by atoms with Crippen LogP contribution in [0, 0.1) is 0 Å². The molecule has 1 amide bonds. The van der Waals surface area contributed by atoms with E-state index >= 15 is 0 Å². The molecule has 0 aromatic heterocycles. The fourth-order valence-electron chi connectivity index (χ4n) is 1.14. The number of amides is 1. The lowest BCUT2D eigenvalue weighted by Gasteiger charge is -2.06. The van der Waals surface area contributed by atoms with Crippen LogP contribution >= 0.6 is 0 Å². The third kappa shape index (κ3) is 3.45. The SMILES string of the molecule is CC(=O)Nc1ccc(S(=O)(=O)O)c(N=[N+]=[N-])c1. The minimum absolute atomic E-state index is 0.257. The molecule has 1 aromatic rings. The van der Waals surface area contributed by atoms with Crippen molar-refractivity contribution in [1.82, 2.24) is 0 Å². The van der Waals surface area contributed by atoms with Crippen LogP contribution in [0.1, 0.15) is 6.92 Å². The van der Waals surface area contributed by atoms with Crippen molar-refractivity contribution in [2.45, 2.75) is 11.8 Å².